The summed E-state index contributed by atoms with van der Waals surface area (Å²) in [7, 11) is 0. The van der Waals surface area contributed by atoms with Gasteiger partial charge in [0.05, 0.1) is 6.10 Å². The third kappa shape index (κ3) is 2.92. The minimum absolute atomic E-state index is 0.302. The molecular formula is C12H16OS2. The number of aryl methyl sites for hydroxylation is 1. The van der Waals surface area contributed by atoms with Crippen molar-refractivity contribution in [2.45, 2.75) is 18.3 Å². The minimum Gasteiger partial charge on any atom is -0.387 e. The lowest BCUT2D eigenvalue weighted by atomic mass is 10.1. The first-order chi connectivity index (χ1) is 7.27. The zero-order valence-electron chi connectivity index (χ0n) is 8.85. The fraction of sp³-hybridized carbons (Fsp3) is 0.500. The highest BCUT2D eigenvalue weighted by Gasteiger charge is 2.23. The van der Waals surface area contributed by atoms with E-state index in [-0.39, 0.29) is 6.10 Å². The molecule has 1 aliphatic rings. The van der Waals surface area contributed by atoms with Crippen LogP contribution in [-0.2, 0) is 0 Å². The fourth-order valence-corrected chi connectivity index (χ4v) is 4.42. The number of hydrogen-bond donors (Lipinski definition) is 1. The molecule has 3 heteroatoms. The van der Waals surface area contributed by atoms with E-state index in [0.29, 0.717) is 5.25 Å². The first-order valence-corrected chi connectivity index (χ1v) is 7.42. The predicted molar refractivity (Wildman–Crippen MR) is 69.7 cm³/mol. The average Bonchev–Trinajstić information content (AvgIpc) is 2.30. The maximum Gasteiger partial charge on any atom is 0.0916 e. The van der Waals surface area contributed by atoms with Crippen LogP contribution in [0.5, 0.6) is 0 Å². The Morgan fingerprint density at radius 2 is 2.00 bits per heavy atom. The summed E-state index contributed by atoms with van der Waals surface area (Å²) in [6.45, 7) is 2.07. The SMILES string of the molecule is Cc1ccc(C(O)C2CSCCS2)cc1. The van der Waals surface area contributed by atoms with Gasteiger partial charge in [-0.3, -0.25) is 0 Å². The van der Waals surface area contributed by atoms with Crippen molar-refractivity contribution in [3.05, 3.63) is 35.4 Å². The molecule has 1 heterocycles. The van der Waals surface area contributed by atoms with Gasteiger partial charge in [0.15, 0.2) is 0 Å². The van der Waals surface area contributed by atoms with E-state index in [1.165, 1.54) is 11.3 Å². The number of aliphatic hydroxyl groups is 1. The summed E-state index contributed by atoms with van der Waals surface area (Å²) in [5.74, 6) is 3.46. The molecule has 2 unspecified atom stereocenters. The Hall–Kier alpha value is -0.120. The van der Waals surface area contributed by atoms with Crippen LogP contribution in [0.2, 0.25) is 0 Å². The van der Waals surface area contributed by atoms with Gasteiger partial charge >= 0.3 is 0 Å². The minimum atomic E-state index is -0.302. The predicted octanol–water partition coefficient (Wildman–Crippen LogP) is 2.88. The van der Waals surface area contributed by atoms with Crippen molar-refractivity contribution in [3.63, 3.8) is 0 Å². The molecule has 2 rings (SSSR count). The zero-order valence-corrected chi connectivity index (χ0v) is 10.5. The molecule has 0 bridgehead atoms. The molecule has 1 saturated heterocycles. The van der Waals surface area contributed by atoms with Gasteiger partial charge in [0.1, 0.15) is 0 Å². The molecule has 1 aliphatic heterocycles. The average molecular weight is 240 g/mol. The monoisotopic (exact) mass is 240 g/mol. The number of benzene rings is 1. The van der Waals surface area contributed by atoms with Gasteiger partial charge in [0.2, 0.25) is 0 Å². The Labute approximate surface area is 99.7 Å². The lowest BCUT2D eigenvalue weighted by Gasteiger charge is -2.26. The summed E-state index contributed by atoms with van der Waals surface area (Å²) in [5.41, 5.74) is 2.30. The number of thioether (sulfide) groups is 2. The van der Waals surface area contributed by atoms with Crippen LogP contribution in [0.4, 0.5) is 0 Å². The van der Waals surface area contributed by atoms with E-state index in [4.69, 9.17) is 0 Å². The molecule has 0 aromatic heterocycles. The third-order valence-corrected chi connectivity index (χ3v) is 5.46. The quantitative estimate of drug-likeness (QED) is 0.858. The molecule has 1 aromatic rings. The van der Waals surface area contributed by atoms with Crippen molar-refractivity contribution in [2.75, 3.05) is 17.3 Å². The van der Waals surface area contributed by atoms with Crippen LogP contribution in [0.15, 0.2) is 24.3 Å². The zero-order chi connectivity index (χ0) is 10.7. The number of hydrogen-bond acceptors (Lipinski definition) is 3. The third-order valence-electron chi connectivity index (χ3n) is 2.61. The summed E-state index contributed by atoms with van der Waals surface area (Å²) >= 11 is 3.85. The van der Waals surface area contributed by atoms with Crippen molar-refractivity contribution in [3.8, 4) is 0 Å². The molecule has 0 amide bonds. The fourth-order valence-electron chi connectivity index (χ4n) is 1.67. The topological polar surface area (TPSA) is 20.2 Å². The van der Waals surface area contributed by atoms with Crippen molar-refractivity contribution in [1.29, 1.82) is 0 Å². The highest BCUT2D eigenvalue weighted by atomic mass is 32.2. The second-order valence-corrected chi connectivity index (χ2v) is 6.34. The molecule has 2 atom stereocenters. The standard InChI is InChI=1S/C12H16OS2/c1-9-2-4-10(5-3-9)12(13)11-8-14-6-7-15-11/h2-5,11-13H,6-8H2,1H3. The lowest BCUT2D eigenvalue weighted by molar-refractivity contribution is 0.180. The van der Waals surface area contributed by atoms with E-state index in [0.717, 1.165) is 17.1 Å². The van der Waals surface area contributed by atoms with Crippen LogP contribution in [0.1, 0.15) is 17.2 Å². The van der Waals surface area contributed by atoms with Gasteiger partial charge in [0.25, 0.3) is 0 Å². The molecule has 0 aliphatic carbocycles. The van der Waals surface area contributed by atoms with Gasteiger partial charge in [-0.15, -0.1) is 0 Å². The smallest absolute Gasteiger partial charge is 0.0916 e. The van der Waals surface area contributed by atoms with Gasteiger partial charge in [0, 0.05) is 22.5 Å². The summed E-state index contributed by atoms with van der Waals surface area (Å²) in [6, 6.07) is 8.22. The Bertz CT molecular complexity index is 304. The maximum absolute atomic E-state index is 10.2. The summed E-state index contributed by atoms with van der Waals surface area (Å²) < 4.78 is 0. The summed E-state index contributed by atoms with van der Waals surface area (Å²) in [5, 5.41) is 10.6. The lowest BCUT2D eigenvalue weighted by Crippen LogP contribution is -2.22. The van der Waals surface area contributed by atoms with Crippen molar-refractivity contribution in [1.82, 2.24) is 0 Å². The van der Waals surface area contributed by atoms with Crippen LogP contribution in [-0.4, -0.2) is 27.6 Å². The molecule has 0 spiro atoms. The number of aliphatic hydroxyl groups excluding tert-OH is 1. The van der Waals surface area contributed by atoms with Crippen LogP contribution < -0.4 is 0 Å². The van der Waals surface area contributed by atoms with Crippen molar-refractivity contribution >= 4 is 23.5 Å². The van der Waals surface area contributed by atoms with E-state index in [2.05, 4.69) is 19.1 Å². The second-order valence-electron chi connectivity index (χ2n) is 3.84. The normalized spacial score (nSPS) is 23.7. The molecule has 1 nitrogen and oxygen atoms in total. The Morgan fingerprint density at radius 3 is 2.60 bits per heavy atom. The van der Waals surface area contributed by atoms with Crippen LogP contribution >= 0.6 is 23.5 Å². The Kier molecular flexibility index (Phi) is 4.00. The Morgan fingerprint density at radius 1 is 1.27 bits per heavy atom. The Balaban J connectivity index is 2.05. The van der Waals surface area contributed by atoms with E-state index < -0.39 is 0 Å². The molecule has 0 saturated carbocycles. The maximum atomic E-state index is 10.2. The molecule has 0 radical (unpaired) electrons. The van der Waals surface area contributed by atoms with Crippen LogP contribution in [0.25, 0.3) is 0 Å². The largest absolute Gasteiger partial charge is 0.387 e. The molecule has 82 valence electrons. The van der Waals surface area contributed by atoms with Gasteiger partial charge in [-0.25, -0.2) is 0 Å². The van der Waals surface area contributed by atoms with Crippen molar-refractivity contribution < 1.29 is 5.11 Å². The summed E-state index contributed by atoms with van der Waals surface area (Å²) in [6.07, 6.45) is -0.302. The van der Waals surface area contributed by atoms with Gasteiger partial charge in [-0.05, 0) is 12.5 Å². The highest BCUT2D eigenvalue weighted by molar-refractivity contribution is 8.06. The first kappa shape index (κ1) is 11.4. The molecular weight excluding hydrogens is 224 g/mol. The van der Waals surface area contributed by atoms with Crippen molar-refractivity contribution in [2.24, 2.45) is 0 Å². The van der Waals surface area contributed by atoms with Crippen LogP contribution in [0.3, 0.4) is 0 Å². The first-order valence-electron chi connectivity index (χ1n) is 5.21. The van der Waals surface area contributed by atoms with Crippen LogP contribution in [0, 0.1) is 6.92 Å². The number of rotatable bonds is 2. The van der Waals surface area contributed by atoms with E-state index >= 15 is 0 Å². The molecule has 1 N–H and O–H groups in total. The second kappa shape index (κ2) is 5.28. The van der Waals surface area contributed by atoms with Gasteiger partial charge in [-0.1, -0.05) is 29.8 Å². The van der Waals surface area contributed by atoms with E-state index in [9.17, 15) is 5.11 Å². The highest BCUT2D eigenvalue weighted by Crippen LogP contribution is 2.33. The molecule has 15 heavy (non-hydrogen) atoms. The summed E-state index contributed by atoms with van der Waals surface area (Å²) in [4.78, 5) is 0. The van der Waals surface area contributed by atoms with Gasteiger partial charge in [-0.2, -0.15) is 23.5 Å². The molecule has 1 aromatic carbocycles. The van der Waals surface area contributed by atoms with E-state index in [1.807, 2.05) is 35.7 Å². The van der Waals surface area contributed by atoms with Gasteiger partial charge < -0.3 is 5.11 Å². The molecule has 1 fully saturated rings. The van der Waals surface area contributed by atoms with E-state index in [1.54, 1.807) is 0 Å².